The van der Waals surface area contributed by atoms with Gasteiger partial charge in [0.2, 0.25) is 0 Å². The van der Waals surface area contributed by atoms with Crippen molar-refractivity contribution in [1.82, 2.24) is 4.98 Å². The second-order valence-electron chi connectivity index (χ2n) is 6.27. The summed E-state index contributed by atoms with van der Waals surface area (Å²) in [5.74, 6) is 0.603. The van der Waals surface area contributed by atoms with Gasteiger partial charge in [-0.25, -0.2) is 0 Å². The number of ether oxygens (including phenoxy) is 1. The molecule has 1 aliphatic heterocycles. The molecule has 1 aromatic heterocycles. The first-order valence-electron chi connectivity index (χ1n) is 8.24. The lowest BCUT2D eigenvalue weighted by molar-refractivity contribution is 0.400. The van der Waals surface area contributed by atoms with Crippen molar-refractivity contribution in [3.63, 3.8) is 0 Å². The fourth-order valence-electron chi connectivity index (χ4n) is 3.16. The number of pyridine rings is 1. The van der Waals surface area contributed by atoms with Crippen LogP contribution < -0.4 is 10.5 Å². The van der Waals surface area contributed by atoms with Crippen LogP contribution in [0.5, 0.6) is 5.75 Å². The molecule has 1 atom stereocenters. The molecule has 5 nitrogen and oxygen atoms in total. The number of hydrogen-bond acceptors (Lipinski definition) is 5. The number of rotatable bonds is 3. The first kappa shape index (κ1) is 17.4. The Balaban J connectivity index is 1.85. The fraction of sp³-hybridized carbons (Fsp3) is 0.0952. The van der Waals surface area contributed by atoms with Crippen molar-refractivity contribution >= 4 is 38.6 Å². The van der Waals surface area contributed by atoms with Gasteiger partial charge in [0, 0.05) is 33.9 Å². The van der Waals surface area contributed by atoms with E-state index in [0.29, 0.717) is 11.3 Å². The van der Waals surface area contributed by atoms with Crippen molar-refractivity contribution in [2.45, 2.75) is 5.66 Å². The van der Waals surface area contributed by atoms with Gasteiger partial charge in [0.25, 0.3) is 0 Å². The Morgan fingerprint density at radius 3 is 2.81 bits per heavy atom. The summed E-state index contributed by atoms with van der Waals surface area (Å²) in [6.07, 6.45) is 5.23. The maximum atomic E-state index is 9.14. The van der Waals surface area contributed by atoms with Gasteiger partial charge in [-0.15, -0.1) is 0 Å². The molecule has 3 aromatic rings. The second-order valence-corrected chi connectivity index (χ2v) is 7.19. The highest BCUT2D eigenvalue weighted by atomic mass is 79.9. The van der Waals surface area contributed by atoms with Crippen LogP contribution in [0.2, 0.25) is 0 Å². The normalized spacial score (nSPS) is 18.4. The largest absolute Gasteiger partial charge is 0.496 e. The highest BCUT2D eigenvalue weighted by molar-refractivity contribution is 9.10. The second kappa shape index (κ2) is 6.62. The van der Waals surface area contributed by atoms with Gasteiger partial charge in [-0.05, 0) is 41.5 Å². The predicted octanol–water partition coefficient (Wildman–Crippen LogP) is 4.16. The number of allylic oxidation sites excluding steroid dienone is 1. The van der Waals surface area contributed by atoms with Gasteiger partial charge in [0.15, 0.2) is 5.66 Å². The van der Waals surface area contributed by atoms with Gasteiger partial charge in [-0.2, -0.15) is 5.26 Å². The number of fused-ring (bicyclic) bond motifs is 1. The number of nitrogens with zero attached hydrogens (tertiary/aromatic N) is 3. The number of nitriles is 1. The van der Waals surface area contributed by atoms with Crippen LogP contribution in [0.25, 0.3) is 16.5 Å². The Labute approximate surface area is 164 Å². The lowest BCUT2D eigenvalue weighted by Crippen LogP contribution is -2.31. The predicted molar refractivity (Wildman–Crippen MR) is 109 cm³/mol. The molecule has 6 heteroatoms. The highest BCUT2D eigenvalue weighted by Gasteiger charge is 2.32. The van der Waals surface area contributed by atoms with E-state index in [4.69, 9.17) is 15.7 Å². The van der Waals surface area contributed by atoms with Gasteiger partial charge in [-0.3, -0.25) is 15.7 Å². The summed E-state index contributed by atoms with van der Waals surface area (Å²) in [6.45, 7) is 0. The van der Waals surface area contributed by atoms with E-state index >= 15 is 0 Å². The molecule has 0 amide bonds. The van der Waals surface area contributed by atoms with Gasteiger partial charge < -0.3 is 4.74 Å². The highest BCUT2D eigenvalue weighted by Crippen LogP contribution is 2.38. The molecule has 1 aliphatic rings. The summed E-state index contributed by atoms with van der Waals surface area (Å²) < 4.78 is 6.54. The molecule has 0 fully saturated rings. The minimum atomic E-state index is -1.06. The molecular formula is C21H15BrN4O. The van der Waals surface area contributed by atoms with Gasteiger partial charge in [-0.1, -0.05) is 28.1 Å². The van der Waals surface area contributed by atoms with Gasteiger partial charge in [0.1, 0.15) is 11.8 Å². The number of halogens is 1. The summed E-state index contributed by atoms with van der Waals surface area (Å²) in [5, 5.41) is 9.95. The summed E-state index contributed by atoms with van der Waals surface area (Å²) in [7, 11) is 1.59. The van der Waals surface area contributed by atoms with Crippen molar-refractivity contribution in [3.8, 4) is 11.8 Å². The summed E-state index contributed by atoms with van der Waals surface area (Å²) in [4.78, 5) is 8.88. The topological polar surface area (TPSA) is 84.3 Å². The lowest BCUT2D eigenvalue weighted by Gasteiger charge is -2.22. The molecule has 0 aliphatic carbocycles. The molecule has 132 valence electrons. The van der Waals surface area contributed by atoms with E-state index in [1.165, 1.54) is 0 Å². The molecule has 2 aromatic carbocycles. The average molecular weight is 419 g/mol. The minimum Gasteiger partial charge on any atom is -0.496 e. The van der Waals surface area contributed by atoms with Gasteiger partial charge >= 0.3 is 0 Å². The first-order chi connectivity index (χ1) is 13.0. The third-order valence-corrected chi connectivity index (χ3v) is 5.01. The average Bonchev–Trinajstić information content (AvgIpc) is 3.10. The molecule has 4 rings (SSSR count). The van der Waals surface area contributed by atoms with E-state index in [1.54, 1.807) is 25.6 Å². The van der Waals surface area contributed by atoms with Crippen LogP contribution in [0.1, 0.15) is 16.7 Å². The Bertz CT molecular complexity index is 1160. The zero-order valence-corrected chi connectivity index (χ0v) is 16.1. The quantitative estimate of drug-likeness (QED) is 0.691. The van der Waals surface area contributed by atoms with Crippen LogP contribution >= 0.6 is 15.9 Å². The first-order valence-corrected chi connectivity index (χ1v) is 9.03. The van der Waals surface area contributed by atoms with Crippen LogP contribution in [-0.2, 0) is 5.66 Å². The number of aliphatic imine (C=N–C) groups is 1. The van der Waals surface area contributed by atoms with Crippen LogP contribution in [-0.4, -0.2) is 18.3 Å². The molecule has 27 heavy (non-hydrogen) atoms. The molecule has 0 radical (unpaired) electrons. The molecule has 0 spiro atoms. The van der Waals surface area contributed by atoms with Crippen LogP contribution in [0, 0.1) is 11.3 Å². The summed E-state index contributed by atoms with van der Waals surface area (Å²) in [5.41, 5.74) is 9.48. The Morgan fingerprint density at radius 1 is 1.22 bits per heavy atom. The molecule has 0 bridgehead atoms. The summed E-state index contributed by atoms with van der Waals surface area (Å²) in [6, 6.07) is 15.6. The van der Waals surface area contributed by atoms with Crippen molar-refractivity contribution in [1.29, 1.82) is 5.26 Å². The van der Waals surface area contributed by atoms with E-state index in [-0.39, 0.29) is 0 Å². The fourth-order valence-corrected chi connectivity index (χ4v) is 3.56. The van der Waals surface area contributed by atoms with E-state index in [1.807, 2.05) is 42.5 Å². The van der Waals surface area contributed by atoms with Crippen molar-refractivity contribution < 1.29 is 4.74 Å². The third-order valence-electron chi connectivity index (χ3n) is 4.51. The Hall–Kier alpha value is -3.01. The maximum Gasteiger partial charge on any atom is 0.157 e. The van der Waals surface area contributed by atoms with E-state index in [2.05, 4.69) is 32.0 Å². The monoisotopic (exact) mass is 418 g/mol. The number of benzene rings is 2. The zero-order valence-electron chi connectivity index (χ0n) is 14.5. The van der Waals surface area contributed by atoms with Gasteiger partial charge in [0.05, 0.1) is 18.2 Å². The molecule has 0 saturated carbocycles. The number of methoxy groups -OCH3 is 1. The third kappa shape index (κ3) is 3.12. The van der Waals surface area contributed by atoms with Crippen molar-refractivity contribution in [2.75, 3.05) is 7.11 Å². The Morgan fingerprint density at radius 2 is 2.07 bits per heavy atom. The van der Waals surface area contributed by atoms with Crippen LogP contribution in [0.3, 0.4) is 0 Å². The van der Waals surface area contributed by atoms with Crippen LogP contribution in [0.4, 0.5) is 0 Å². The lowest BCUT2D eigenvalue weighted by atomic mass is 9.95. The Kier molecular flexibility index (Phi) is 4.27. The van der Waals surface area contributed by atoms with Crippen molar-refractivity contribution in [3.05, 3.63) is 75.9 Å². The smallest absolute Gasteiger partial charge is 0.157 e. The van der Waals surface area contributed by atoms with Crippen molar-refractivity contribution in [2.24, 2.45) is 10.7 Å². The van der Waals surface area contributed by atoms with Crippen LogP contribution in [0.15, 0.2) is 64.2 Å². The molecular weight excluding hydrogens is 404 g/mol. The SMILES string of the molecule is COc1cc2ncc(C#N)cc2cc1C1(N)C=C(c2cccc(Br)c2)C=N1. The number of hydrogen-bond donors (Lipinski definition) is 1. The molecule has 0 saturated heterocycles. The molecule has 2 N–H and O–H groups in total. The number of nitrogens with two attached hydrogens (primary N) is 1. The zero-order chi connectivity index (χ0) is 19.0. The summed E-state index contributed by atoms with van der Waals surface area (Å²) >= 11 is 3.49. The van der Waals surface area contributed by atoms with E-state index in [0.717, 1.165) is 32.1 Å². The molecule has 2 heterocycles. The van der Waals surface area contributed by atoms with E-state index in [9.17, 15) is 0 Å². The minimum absolute atomic E-state index is 0.491. The standard InChI is InChI=1S/C21H15BrN4O/c1-27-20-8-19-15(5-13(10-23)11-25-19)7-18(20)21(24)9-16(12-26-21)14-3-2-4-17(22)6-14/h2-9,11-12H,24H2,1H3. The molecule has 1 unspecified atom stereocenters. The number of aromatic nitrogens is 1. The maximum absolute atomic E-state index is 9.14. The van der Waals surface area contributed by atoms with E-state index < -0.39 is 5.66 Å².